The standard InChI is InChI=1S/C22H25F2N5O2/c1-16-25-20(15-21(26-16)28-10-12-31-13-11-28)27-6-8-29(9-7-27)22(30)5-2-17-14-18(23)3-4-19(17)24/h2-5,14-15H,6-13H2,1H3/b5-2+. The molecule has 1 aromatic heterocycles. The summed E-state index contributed by atoms with van der Waals surface area (Å²) >= 11 is 0. The van der Waals surface area contributed by atoms with Crippen LogP contribution in [0.5, 0.6) is 0 Å². The molecule has 0 bridgehead atoms. The topological polar surface area (TPSA) is 61.8 Å². The summed E-state index contributed by atoms with van der Waals surface area (Å²) in [7, 11) is 0. The highest BCUT2D eigenvalue weighted by atomic mass is 19.1. The van der Waals surface area contributed by atoms with Crippen LogP contribution >= 0.6 is 0 Å². The molecule has 1 aromatic carbocycles. The van der Waals surface area contributed by atoms with Crippen LogP contribution in [0.3, 0.4) is 0 Å². The summed E-state index contributed by atoms with van der Waals surface area (Å²) in [4.78, 5) is 27.7. The Balaban J connectivity index is 1.38. The first-order chi connectivity index (χ1) is 15.0. The number of amides is 1. The number of hydrogen-bond donors (Lipinski definition) is 0. The number of halogens is 2. The summed E-state index contributed by atoms with van der Waals surface area (Å²) in [6.07, 6.45) is 2.61. The Bertz CT molecular complexity index is 970. The Hall–Kier alpha value is -3.07. The first-order valence-corrected chi connectivity index (χ1v) is 10.3. The van der Waals surface area contributed by atoms with Crippen LogP contribution in [0.4, 0.5) is 20.4 Å². The Morgan fingerprint density at radius 3 is 2.29 bits per heavy atom. The van der Waals surface area contributed by atoms with Gasteiger partial charge in [0, 0.05) is 57.0 Å². The molecule has 31 heavy (non-hydrogen) atoms. The molecule has 4 rings (SSSR count). The smallest absolute Gasteiger partial charge is 0.246 e. The maximum absolute atomic E-state index is 13.7. The molecule has 0 spiro atoms. The van der Waals surface area contributed by atoms with Crippen molar-refractivity contribution in [3.63, 3.8) is 0 Å². The number of carbonyl (C=O) groups is 1. The molecule has 0 atom stereocenters. The van der Waals surface area contributed by atoms with Crippen molar-refractivity contribution in [3.05, 3.63) is 53.4 Å². The third-order valence-corrected chi connectivity index (χ3v) is 5.42. The highest BCUT2D eigenvalue weighted by Gasteiger charge is 2.22. The molecule has 7 nitrogen and oxygen atoms in total. The Labute approximate surface area is 179 Å². The normalized spacial score (nSPS) is 17.5. The molecular weight excluding hydrogens is 404 g/mol. The van der Waals surface area contributed by atoms with Crippen molar-refractivity contribution < 1.29 is 18.3 Å². The Morgan fingerprint density at radius 1 is 0.968 bits per heavy atom. The first kappa shape index (κ1) is 21.2. The monoisotopic (exact) mass is 429 g/mol. The fraction of sp³-hybridized carbons (Fsp3) is 0.409. The average molecular weight is 429 g/mol. The number of morpholine rings is 1. The van der Waals surface area contributed by atoms with E-state index >= 15 is 0 Å². The summed E-state index contributed by atoms with van der Waals surface area (Å²) in [5.74, 6) is 1.11. The van der Waals surface area contributed by atoms with Gasteiger partial charge in [-0.1, -0.05) is 0 Å². The minimum Gasteiger partial charge on any atom is -0.378 e. The van der Waals surface area contributed by atoms with Gasteiger partial charge >= 0.3 is 0 Å². The van der Waals surface area contributed by atoms with Crippen molar-refractivity contribution in [2.45, 2.75) is 6.92 Å². The van der Waals surface area contributed by atoms with Gasteiger partial charge in [-0.3, -0.25) is 4.79 Å². The van der Waals surface area contributed by atoms with Crippen LogP contribution in [0.2, 0.25) is 0 Å². The van der Waals surface area contributed by atoms with Crippen LogP contribution in [0, 0.1) is 18.6 Å². The molecule has 2 aliphatic rings. The highest BCUT2D eigenvalue weighted by molar-refractivity contribution is 5.92. The fourth-order valence-electron chi connectivity index (χ4n) is 3.72. The van der Waals surface area contributed by atoms with E-state index in [1.54, 1.807) is 4.90 Å². The summed E-state index contributed by atoms with van der Waals surface area (Å²) in [6.45, 7) is 7.16. The van der Waals surface area contributed by atoms with Gasteiger partial charge in [0.2, 0.25) is 5.91 Å². The SMILES string of the molecule is Cc1nc(N2CCOCC2)cc(N2CCN(C(=O)/C=C/c3cc(F)ccc3F)CC2)n1. The summed E-state index contributed by atoms with van der Waals surface area (Å²) < 4.78 is 32.4. The lowest BCUT2D eigenvalue weighted by Crippen LogP contribution is -2.48. The lowest BCUT2D eigenvalue weighted by atomic mass is 10.2. The van der Waals surface area contributed by atoms with Gasteiger partial charge in [0.25, 0.3) is 0 Å². The Morgan fingerprint density at radius 2 is 1.61 bits per heavy atom. The number of aromatic nitrogens is 2. The van der Waals surface area contributed by atoms with E-state index in [4.69, 9.17) is 4.74 Å². The van der Waals surface area contributed by atoms with E-state index in [2.05, 4.69) is 19.8 Å². The highest BCUT2D eigenvalue weighted by Crippen LogP contribution is 2.21. The van der Waals surface area contributed by atoms with E-state index in [-0.39, 0.29) is 11.5 Å². The summed E-state index contributed by atoms with van der Waals surface area (Å²) in [5, 5.41) is 0. The number of rotatable bonds is 4. The molecule has 0 aliphatic carbocycles. The van der Waals surface area contributed by atoms with Gasteiger partial charge in [0.15, 0.2) is 0 Å². The minimum atomic E-state index is -0.564. The zero-order chi connectivity index (χ0) is 21.8. The lowest BCUT2D eigenvalue weighted by molar-refractivity contribution is -0.126. The molecule has 3 heterocycles. The van der Waals surface area contributed by atoms with Crippen molar-refractivity contribution in [3.8, 4) is 0 Å². The van der Waals surface area contributed by atoms with Gasteiger partial charge in [-0.2, -0.15) is 0 Å². The summed E-state index contributed by atoms with van der Waals surface area (Å²) in [5.41, 5.74) is 0.0547. The molecule has 0 saturated carbocycles. The quantitative estimate of drug-likeness (QED) is 0.695. The van der Waals surface area contributed by atoms with E-state index in [0.29, 0.717) is 45.2 Å². The van der Waals surface area contributed by atoms with Crippen molar-refractivity contribution >= 4 is 23.6 Å². The molecule has 9 heteroatoms. The third-order valence-electron chi connectivity index (χ3n) is 5.42. The largest absolute Gasteiger partial charge is 0.378 e. The first-order valence-electron chi connectivity index (χ1n) is 10.3. The predicted molar refractivity (Wildman–Crippen MR) is 114 cm³/mol. The molecule has 2 aromatic rings. The van der Waals surface area contributed by atoms with Crippen LogP contribution in [-0.4, -0.2) is 73.3 Å². The van der Waals surface area contributed by atoms with Crippen LogP contribution < -0.4 is 9.80 Å². The maximum atomic E-state index is 13.7. The lowest BCUT2D eigenvalue weighted by Gasteiger charge is -2.35. The summed E-state index contributed by atoms with van der Waals surface area (Å²) in [6, 6.07) is 5.16. The van der Waals surface area contributed by atoms with E-state index < -0.39 is 11.6 Å². The van der Waals surface area contributed by atoms with E-state index in [1.165, 1.54) is 12.2 Å². The zero-order valence-corrected chi connectivity index (χ0v) is 17.4. The number of nitrogens with zero attached hydrogens (tertiary/aromatic N) is 5. The van der Waals surface area contributed by atoms with E-state index in [1.807, 2.05) is 13.0 Å². The van der Waals surface area contributed by atoms with E-state index in [0.717, 1.165) is 42.9 Å². The van der Waals surface area contributed by atoms with Gasteiger partial charge in [-0.05, 0) is 31.2 Å². The molecule has 2 saturated heterocycles. The molecule has 1 amide bonds. The maximum Gasteiger partial charge on any atom is 0.246 e. The van der Waals surface area contributed by atoms with Crippen molar-refractivity contribution in [1.82, 2.24) is 14.9 Å². The van der Waals surface area contributed by atoms with Gasteiger partial charge in [-0.15, -0.1) is 0 Å². The Kier molecular flexibility index (Phi) is 6.41. The van der Waals surface area contributed by atoms with Gasteiger partial charge < -0.3 is 19.4 Å². The third kappa shape index (κ3) is 5.16. The second-order valence-electron chi connectivity index (χ2n) is 7.54. The molecule has 2 aliphatic heterocycles. The van der Waals surface area contributed by atoms with Gasteiger partial charge in [0.05, 0.1) is 13.2 Å². The number of ether oxygens (including phenoxy) is 1. The number of piperazine rings is 1. The van der Waals surface area contributed by atoms with E-state index in [9.17, 15) is 13.6 Å². The van der Waals surface area contributed by atoms with Crippen LogP contribution in [0.25, 0.3) is 6.08 Å². The predicted octanol–water partition coefficient (Wildman–Crippen LogP) is 2.26. The number of benzene rings is 1. The molecule has 164 valence electrons. The number of carbonyl (C=O) groups excluding carboxylic acids is 1. The number of anilines is 2. The van der Waals surface area contributed by atoms with Gasteiger partial charge in [-0.25, -0.2) is 18.7 Å². The second kappa shape index (κ2) is 9.38. The van der Waals surface area contributed by atoms with Crippen LogP contribution in [0.15, 0.2) is 30.3 Å². The molecule has 2 fully saturated rings. The van der Waals surface area contributed by atoms with Crippen molar-refractivity contribution in [2.24, 2.45) is 0 Å². The number of aryl methyl sites for hydroxylation is 1. The van der Waals surface area contributed by atoms with Crippen LogP contribution in [-0.2, 0) is 9.53 Å². The molecular formula is C22H25F2N5O2. The molecule has 0 radical (unpaired) electrons. The molecule has 0 unspecified atom stereocenters. The fourth-order valence-corrected chi connectivity index (χ4v) is 3.72. The molecule has 0 N–H and O–H groups in total. The van der Waals surface area contributed by atoms with Crippen molar-refractivity contribution in [1.29, 1.82) is 0 Å². The minimum absolute atomic E-state index is 0.0547. The number of hydrogen-bond acceptors (Lipinski definition) is 6. The average Bonchev–Trinajstić information content (AvgIpc) is 2.80. The zero-order valence-electron chi connectivity index (χ0n) is 17.4. The van der Waals surface area contributed by atoms with Crippen molar-refractivity contribution in [2.75, 3.05) is 62.3 Å². The van der Waals surface area contributed by atoms with Crippen LogP contribution in [0.1, 0.15) is 11.4 Å². The second-order valence-corrected chi connectivity index (χ2v) is 7.54. The van der Waals surface area contributed by atoms with Gasteiger partial charge in [0.1, 0.15) is 29.1 Å².